The van der Waals surface area contributed by atoms with Crippen molar-refractivity contribution in [2.24, 2.45) is 0 Å². The topological polar surface area (TPSA) is 49.7 Å². The van der Waals surface area contributed by atoms with Crippen LogP contribution >= 0.6 is 15.9 Å². The summed E-state index contributed by atoms with van der Waals surface area (Å²) >= 11 is 3.36. The van der Waals surface area contributed by atoms with Gasteiger partial charge in [0.2, 0.25) is 0 Å². The third-order valence-corrected chi connectivity index (χ3v) is 2.89. The minimum absolute atomic E-state index is 0.421. The minimum atomic E-state index is -0.736. The van der Waals surface area contributed by atoms with Gasteiger partial charge in [0, 0.05) is 16.5 Å². The van der Waals surface area contributed by atoms with Crippen LogP contribution in [0.2, 0.25) is 0 Å². The first-order chi connectivity index (χ1) is 7.79. The van der Waals surface area contributed by atoms with Crippen molar-refractivity contribution in [1.82, 2.24) is 0 Å². The van der Waals surface area contributed by atoms with Gasteiger partial charge in [-0.05, 0) is 39.0 Å². The van der Waals surface area contributed by atoms with Crippen molar-refractivity contribution < 1.29 is 14.9 Å². The summed E-state index contributed by atoms with van der Waals surface area (Å²) in [6.45, 7) is 5.61. The van der Waals surface area contributed by atoms with Gasteiger partial charge in [0.15, 0.2) is 0 Å². The van der Waals surface area contributed by atoms with Crippen LogP contribution in [0, 0.1) is 0 Å². The fourth-order valence-corrected chi connectivity index (χ4v) is 1.77. The molecule has 0 aliphatic rings. The van der Waals surface area contributed by atoms with E-state index in [2.05, 4.69) is 15.9 Å². The van der Waals surface area contributed by atoms with E-state index in [1.807, 2.05) is 18.2 Å². The molecule has 4 heteroatoms. The molecule has 1 rings (SSSR count). The predicted molar refractivity (Wildman–Crippen MR) is 71.2 cm³/mol. The van der Waals surface area contributed by atoms with Gasteiger partial charge >= 0.3 is 0 Å². The largest absolute Gasteiger partial charge is 0.493 e. The van der Waals surface area contributed by atoms with E-state index >= 15 is 0 Å². The molecule has 0 fully saturated rings. The molecule has 0 aromatic heterocycles. The van der Waals surface area contributed by atoms with Crippen molar-refractivity contribution in [3.63, 3.8) is 0 Å². The molecule has 0 aliphatic heterocycles. The molecule has 0 spiro atoms. The highest BCUT2D eigenvalue weighted by Gasteiger charge is 2.14. The highest BCUT2D eigenvalue weighted by Crippen LogP contribution is 2.28. The zero-order chi connectivity index (χ0) is 13.1. The monoisotopic (exact) mass is 302 g/mol. The van der Waals surface area contributed by atoms with Crippen LogP contribution in [0.3, 0.4) is 0 Å². The lowest BCUT2D eigenvalue weighted by atomic mass is 10.1. The summed E-state index contributed by atoms with van der Waals surface area (Å²) in [6.07, 6.45) is -0.0351. The molecule has 0 unspecified atom stereocenters. The Balaban J connectivity index is 2.70. The number of rotatable bonds is 5. The van der Waals surface area contributed by atoms with Crippen LogP contribution in [-0.4, -0.2) is 22.4 Å². The van der Waals surface area contributed by atoms with Gasteiger partial charge in [-0.3, -0.25) is 0 Å². The third kappa shape index (κ3) is 5.06. The second-order valence-electron chi connectivity index (χ2n) is 4.77. The Morgan fingerprint density at radius 1 is 1.41 bits per heavy atom. The number of benzene rings is 1. The highest BCUT2D eigenvalue weighted by molar-refractivity contribution is 9.10. The maximum absolute atomic E-state index is 9.64. The van der Waals surface area contributed by atoms with Crippen molar-refractivity contribution >= 4 is 15.9 Å². The number of aliphatic hydroxyl groups excluding tert-OH is 1. The van der Waals surface area contributed by atoms with Gasteiger partial charge in [0.1, 0.15) is 5.75 Å². The van der Waals surface area contributed by atoms with E-state index < -0.39 is 11.7 Å². The lowest BCUT2D eigenvalue weighted by Crippen LogP contribution is -2.22. The summed E-state index contributed by atoms with van der Waals surface area (Å²) in [4.78, 5) is 0. The Kier molecular flexibility index (Phi) is 4.98. The van der Waals surface area contributed by atoms with Crippen LogP contribution in [0.5, 0.6) is 5.75 Å². The van der Waals surface area contributed by atoms with E-state index in [0.717, 1.165) is 10.0 Å². The van der Waals surface area contributed by atoms with Crippen LogP contribution in [0.4, 0.5) is 0 Å². The van der Waals surface area contributed by atoms with Gasteiger partial charge in [0.05, 0.1) is 18.3 Å². The lowest BCUT2D eigenvalue weighted by molar-refractivity contribution is 0.0548. The maximum Gasteiger partial charge on any atom is 0.125 e. The third-order valence-electron chi connectivity index (χ3n) is 2.39. The normalized spacial score (nSPS) is 13.5. The first kappa shape index (κ1) is 14.5. The zero-order valence-electron chi connectivity index (χ0n) is 10.4. The Morgan fingerprint density at radius 2 is 2.06 bits per heavy atom. The average Bonchev–Trinajstić information content (AvgIpc) is 2.18. The Labute approximate surface area is 111 Å². The molecule has 17 heavy (non-hydrogen) atoms. The molecule has 1 aromatic carbocycles. The Bertz CT molecular complexity index is 369. The SMILES string of the molecule is C[C@@H](O)c1cc(Br)ccc1OCCC(C)(C)O. The smallest absolute Gasteiger partial charge is 0.125 e. The van der Waals surface area contributed by atoms with E-state index in [0.29, 0.717) is 18.8 Å². The molecular formula is C13H19BrO3. The number of hydrogen-bond donors (Lipinski definition) is 2. The van der Waals surface area contributed by atoms with Crippen LogP contribution in [0.15, 0.2) is 22.7 Å². The molecule has 0 amide bonds. The summed E-state index contributed by atoms with van der Waals surface area (Å²) in [5, 5.41) is 19.2. The number of aliphatic hydroxyl groups is 2. The summed E-state index contributed by atoms with van der Waals surface area (Å²) in [5.41, 5.74) is 0.00973. The number of halogens is 1. The Hall–Kier alpha value is -0.580. The molecule has 2 N–H and O–H groups in total. The first-order valence-electron chi connectivity index (χ1n) is 5.62. The molecule has 1 aromatic rings. The number of hydrogen-bond acceptors (Lipinski definition) is 3. The van der Waals surface area contributed by atoms with Gasteiger partial charge in [-0.2, -0.15) is 0 Å². The van der Waals surface area contributed by atoms with E-state index in [1.165, 1.54) is 0 Å². The predicted octanol–water partition coefficient (Wildman–Crippen LogP) is 3.04. The molecule has 0 saturated carbocycles. The molecule has 3 nitrogen and oxygen atoms in total. The molecular weight excluding hydrogens is 284 g/mol. The van der Waals surface area contributed by atoms with Gasteiger partial charge in [-0.25, -0.2) is 0 Å². The first-order valence-corrected chi connectivity index (χ1v) is 6.41. The quantitative estimate of drug-likeness (QED) is 0.879. The highest BCUT2D eigenvalue weighted by atomic mass is 79.9. The van der Waals surface area contributed by atoms with E-state index in [9.17, 15) is 10.2 Å². The van der Waals surface area contributed by atoms with Crippen molar-refractivity contribution in [3.8, 4) is 5.75 Å². The fraction of sp³-hybridized carbons (Fsp3) is 0.538. The van der Waals surface area contributed by atoms with Crippen molar-refractivity contribution in [2.45, 2.75) is 38.9 Å². The second-order valence-corrected chi connectivity index (χ2v) is 5.68. The zero-order valence-corrected chi connectivity index (χ0v) is 12.0. The lowest BCUT2D eigenvalue weighted by Gasteiger charge is -2.19. The minimum Gasteiger partial charge on any atom is -0.493 e. The van der Waals surface area contributed by atoms with Gasteiger partial charge in [-0.1, -0.05) is 15.9 Å². The summed E-state index contributed by atoms with van der Waals surface area (Å²) in [7, 11) is 0. The van der Waals surface area contributed by atoms with Crippen LogP contribution in [0.25, 0.3) is 0 Å². The molecule has 0 bridgehead atoms. The second kappa shape index (κ2) is 5.85. The van der Waals surface area contributed by atoms with E-state index in [1.54, 1.807) is 20.8 Å². The molecule has 96 valence electrons. The summed E-state index contributed by atoms with van der Waals surface area (Å²) < 4.78 is 6.49. The van der Waals surface area contributed by atoms with Crippen molar-refractivity contribution in [2.75, 3.05) is 6.61 Å². The molecule has 0 radical (unpaired) electrons. The fourth-order valence-electron chi connectivity index (χ4n) is 1.39. The molecule has 0 heterocycles. The van der Waals surface area contributed by atoms with E-state index in [-0.39, 0.29) is 0 Å². The maximum atomic E-state index is 9.64. The standard InChI is InChI=1S/C13H19BrO3/c1-9(15)11-8-10(14)4-5-12(11)17-7-6-13(2,3)16/h4-5,8-9,15-16H,6-7H2,1-3H3/t9-/m1/s1. The van der Waals surface area contributed by atoms with Crippen molar-refractivity contribution in [1.29, 1.82) is 0 Å². The molecule has 1 atom stereocenters. The van der Waals surface area contributed by atoms with Gasteiger partial charge < -0.3 is 14.9 Å². The van der Waals surface area contributed by atoms with E-state index in [4.69, 9.17) is 4.74 Å². The van der Waals surface area contributed by atoms with Gasteiger partial charge in [-0.15, -0.1) is 0 Å². The summed E-state index contributed by atoms with van der Waals surface area (Å²) in [5.74, 6) is 0.660. The van der Waals surface area contributed by atoms with Gasteiger partial charge in [0.25, 0.3) is 0 Å². The average molecular weight is 303 g/mol. The summed E-state index contributed by atoms with van der Waals surface area (Å²) in [6, 6.07) is 5.52. The van der Waals surface area contributed by atoms with Crippen LogP contribution < -0.4 is 4.74 Å². The van der Waals surface area contributed by atoms with Crippen LogP contribution in [0.1, 0.15) is 38.9 Å². The molecule has 0 saturated heterocycles. The molecule has 0 aliphatic carbocycles. The van der Waals surface area contributed by atoms with Crippen molar-refractivity contribution in [3.05, 3.63) is 28.2 Å². The van der Waals surface area contributed by atoms with Crippen LogP contribution in [-0.2, 0) is 0 Å². The number of ether oxygens (including phenoxy) is 1. The Morgan fingerprint density at radius 3 is 2.59 bits per heavy atom.